The van der Waals surface area contributed by atoms with Gasteiger partial charge in [0.15, 0.2) is 0 Å². The maximum Gasteiger partial charge on any atom is 0.271 e. The van der Waals surface area contributed by atoms with Gasteiger partial charge in [-0.15, -0.1) is 11.3 Å². The van der Waals surface area contributed by atoms with E-state index in [0.29, 0.717) is 8.81 Å². The summed E-state index contributed by atoms with van der Waals surface area (Å²) in [6.45, 7) is 0. The zero-order chi connectivity index (χ0) is 14.9. The Morgan fingerprint density at radius 3 is 2.65 bits per heavy atom. The van der Waals surface area contributed by atoms with E-state index in [4.69, 9.17) is 16.3 Å². The van der Waals surface area contributed by atoms with Crippen molar-refractivity contribution in [3.8, 4) is 5.75 Å². The molecule has 1 N–H and O–H groups in total. The van der Waals surface area contributed by atoms with Gasteiger partial charge in [0.25, 0.3) is 10.0 Å². The van der Waals surface area contributed by atoms with E-state index >= 15 is 0 Å². The summed E-state index contributed by atoms with van der Waals surface area (Å²) in [6.07, 6.45) is 0. The second-order valence-corrected chi connectivity index (χ2v) is 8.32. The molecule has 0 saturated carbocycles. The van der Waals surface area contributed by atoms with Crippen molar-refractivity contribution in [3.63, 3.8) is 0 Å². The third-order valence-corrected chi connectivity index (χ3v) is 6.61. The van der Waals surface area contributed by atoms with Gasteiger partial charge < -0.3 is 4.74 Å². The van der Waals surface area contributed by atoms with Crippen LogP contribution in [0.5, 0.6) is 5.75 Å². The van der Waals surface area contributed by atoms with Crippen molar-refractivity contribution in [2.75, 3.05) is 11.8 Å². The van der Waals surface area contributed by atoms with Crippen molar-refractivity contribution in [1.82, 2.24) is 0 Å². The first kappa shape index (κ1) is 15.6. The van der Waals surface area contributed by atoms with Gasteiger partial charge >= 0.3 is 0 Å². The van der Waals surface area contributed by atoms with Crippen LogP contribution in [-0.2, 0) is 10.0 Å². The van der Waals surface area contributed by atoms with Crippen molar-refractivity contribution in [2.45, 2.75) is 4.21 Å². The Labute approximate surface area is 132 Å². The van der Waals surface area contributed by atoms with Crippen molar-refractivity contribution >= 4 is 54.6 Å². The number of benzene rings is 1. The lowest BCUT2D eigenvalue weighted by molar-refractivity contribution is 0.413. The molecule has 1 aromatic heterocycles. The summed E-state index contributed by atoms with van der Waals surface area (Å²) in [5, 5.41) is 0.307. The molecule has 0 aliphatic rings. The maximum absolute atomic E-state index is 13.1. The zero-order valence-corrected chi connectivity index (χ0v) is 14.0. The van der Waals surface area contributed by atoms with E-state index in [1.807, 2.05) is 0 Å². The van der Waals surface area contributed by atoms with E-state index in [1.54, 1.807) is 0 Å². The Balaban J connectivity index is 2.38. The molecule has 9 heteroatoms. The van der Waals surface area contributed by atoms with Crippen LogP contribution in [0.1, 0.15) is 0 Å². The molecule has 20 heavy (non-hydrogen) atoms. The number of sulfonamides is 1. The molecule has 2 rings (SSSR count). The van der Waals surface area contributed by atoms with Gasteiger partial charge in [0.05, 0.1) is 21.6 Å². The Kier molecular flexibility index (Phi) is 4.58. The fourth-order valence-corrected chi connectivity index (χ4v) is 4.87. The number of anilines is 1. The number of halogens is 3. The zero-order valence-electron chi connectivity index (χ0n) is 9.98. The predicted octanol–water partition coefficient (Wildman–Crippen LogP) is 4.11. The van der Waals surface area contributed by atoms with Gasteiger partial charge in [0.1, 0.15) is 15.8 Å². The van der Waals surface area contributed by atoms with Crippen molar-refractivity contribution in [2.24, 2.45) is 0 Å². The average Bonchev–Trinajstić information content (AvgIpc) is 2.72. The van der Waals surface area contributed by atoms with Crippen LogP contribution >= 0.6 is 38.9 Å². The minimum absolute atomic E-state index is 0.0424. The van der Waals surface area contributed by atoms with E-state index in [-0.39, 0.29) is 15.6 Å². The normalized spacial score (nSPS) is 11.4. The highest BCUT2D eigenvalue weighted by atomic mass is 79.9. The SMILES string of the molecule is COc1cc(F)ccc1NS(=O)(=O)c1cc(Cl)c(Br)s1. The van der Waals surface area contributed by atoms with Crippen LogP contribution < -0.4 is 9.46 Å². The number of hydrogen-bond donors (Lipinski definition) is 1. The largest absolute Gasteiger partial charge is 0.494 e. The monoisotopic (exact) mass is 399 g/mol. The third-order valence-electron chi connectivity index (χ3n) is 2.30. The van der Waals surface area contributed by atoms with Gasteiger partial charge in [-0.2, -0.15) is 0 Å². The molecule has 4 nitrogen and oxygen atoms in total. The van der Waals surface area contributed by atoms with Gasteiger partial charge in [-0.05, 0) is 34.1 Å². The highest BCUT2D eigenvalue weighted by Crippen LogP contribution is 2.36. The second kappa shape index (κ2) is 5.88. The number of thiophene rings is 1. The second-order valence-electron chi connectivity index (χ2n) is 3.64. The molecule has 0 amide bonds. The number of ether oxygens (including phenoxy) is 1. The Morgan fingerprint density at radius 2 is 2.10 bits per heavy atom. The van der Waals surface area contributed by atoms with E-state index < -0.39 is 15.8 Å². The molecular weight excluding hydrogens is 393 g/mol. The fourth-order valence-electron chi connectivity index (χ4n) is 1.40. The van der Waals surface area contributed by atoms with Crippen molar-refractivity contribution in [3.05, 3.63) is 38.9 Å². The van der Waals surface area contributed by atoms with Gasteiger partial charge in [0, 0.05) is 6.07 Å². The molecule has 0 fully saturated rings. The van der Waals surface area contributed by atoms with Crippen LogP contribution in [-0.4, -0.2) is 15.5 Å². The third kappa shape index (κ3) is 3.25. The molecule has 0 unspecified atom stereocenters. The van der Waals surface area contributed by atoms with Gasteiger partial charge in [-0.1, -0.05) is 11.6 Å². The van der Waals surface area contributed by atoms with E-state index in [9.17, 15) is 12.8 Å². The average molecular weight is 401 g/mol. The summed E-state index contributed by atoms with van der Waals surface area (Å²) in [6, 6.07) is 4.84. The lowest BCUT2D eigenvalue weighted by Gasteiger charge is -2.10. The van der Waals surface area contributed by atoms with Gasteiger partial charge in [0.2, 0.25) is 0 Å². The van der Waals surface area contributed by atoms with Crippen molar-refractivity contribution in [1.29, 1.82) is 0 Å². The summed E-state index contributed by atoms with van der Waals surface area (Å²) >= 11 is 9.94. The molecule has 0 aliphatic heterocycles. The van der Waals surface area contributed by atoms with Crippen LogP contribution in [0.15, 0.2) is 32.3 Å². The fraction of sp³-hybridized carbons (Fsp3) is 0.0909. The quantitative estimate of drug-likeness (QED) is 0.840. The standard InChI is InChI=1S/C11H8BrClFNO3S2/c1-18-9-4-6(14)2-3-8(9)15-20(16,17)10-5-7(13)11(12)19-10/h2-5,15H,1H3. The first-order valence-electron chi connectivity index (χ1n) is 5.14. The van der Waals surface area contributed by atoms with E-state index in [2.05, 4.69) is 20.7 Å². The van der Waals surface area contributed by atoms with Crippen LogP contribution in [0.3, 0.4) is 0 Å². The molecule has 0 bridgehead atoms. The summed E-state index contributed by atoms with van der Waals surface area (Å²) in [7, 11) is -2.48. The Bertz CT molecular complexity index is 729. The van der Waals surface area contributed by atoms with Gasteiger partial charge in [-0.3, -0.25) is 4.72 Å². The number of nitrogens with one attached hydrogen (secondary N) is 1. The molecule has 0 atom stereocenters. The number of hydrogen-bond acceptors (Lipinski definition) is 4. The topological polar surface area (TPSA) is 55.4 Å². The lowest BCUT2D eigenvalue weighted by atomic mass is 10.3. The van der Waals surface area contributed by atoms with Crippen LogP contribution in [0.2, 0.25) is 5.02 Å². The molecular formula is C11H8BrClFNO3S2. The molecule has 0 saturated heterocycles. The Morgan fingerprint density at radius 1 is 1.40 bits per heavy atom. The molecule has 1 aromatic carbocycles. The predicted molar refractivity (Wildman–Crippen MR) is 80.8 cm³/mol. The minimum Gasteiger partial charge on any atom is -0.494 e. The first-order chi connectivity index (χ1) is 9.33. The molecule has 0 aliphatic carbocycles. The summed E-state index contributed by atoms with van der Waals surface area (Å²) in [5.74, 6) is -0.429. The molecule has 0 spiro atoms. The van der Waals surface area contributed by atoms with Crippen LogP contribution in [0, 0.1) is 5.82 Å². The minimum atomic E-state index is -3.81. The molecule has 2 aromatic rings. The van der Waals surface area contributed by atoms with Gasteiger partial charge in [-0.25, -0.2) is 12.8 Å². The molecule has 0 radical (unpaired) electrons. The number of methoxy groups -OCH3 is 1. The van der Waals surface area contributed by atoms with Crippen molar-refractivity contribution < 1.29 is 17.5 Å². The lowest BCUT2D eigenvalue weighted by Crippen LogP contribution is -2.12. The van der Waals surface area contributed by atoms with Crippen LogP contribution in [0.25, 0.3) is 0 Å². The molecule has 108 valence electrons. The first-order valence-corrected chi connectivity index (χ1v) is 8.62. The number of rotatable bonds is 4. The van der Waals surface area contributed by atoms with Crippen LogP contribution in [0.4, 0.5) is 10.1 Å². The smallest absolute Gasteiger partial charge is 0.271 e. The Hall–Kier alpha value is -0.830. The van der Waals surface area contributed by atoms with E-state index in [1.165, 1.54) is 19.2 Å². The summed E-state index contributed by atoms with van der Waals surface area (Å²) in [5.41, 5.74) is 0.148. The summed E-state index contributed by atoms with van der Waals surface area (Å²) in [4.78, 5) is 0. The van der Waals surface area contributed by atoms with E-state index in [0.717, 1.165) is 23.5 Å². The summed E-state index contributed by atoms with van der Waals surface area (Å²) < 4.78 is 45.3. The molecule has 1 heterocycles. The maximum atomic E-state index is 13.1. The highest BCUT2D eigenvalue weighted by Gasteiger charge is 2.20. The highest BCUT2D eigenvalue weighted by molar-refractivity contribution is 9.11.